The minimum absolute atomic E-state index is 0. The minimum atomic E-state index is -3.66. The first kappa shape index (κ1) is 66.2. The Balaban J connectivity index is 0.000000531. The summed E-state index contributed by atoms with van der Waals surface area (Å²) in [5.41, 5.74) is 11.3. The summed E-state index contributed by atoms with van der Waals surface area (Å²) in [6.45, 7) is 12.3. The fourth-order valence-corrected chi connectivity index (χ4v) is 11.1. The molecule has 2 aromatic heterocycles. The zero-order valence-electron chi connectivity index (χ0n) is 40.4. The number of nitrogens with two attached hydrogens (primary N) is 1. The number of fused-ring (bicyclic) bond motifs is 2. The summed E-state index contributed by atoms with van der Waals surface area (Å²) >= 11 is 9.54. The number of nitrogen functional groups attached to an aromatic ring is 1. The molecule has 16 nitrogen and oxygen atoms in total. The number of ketones is 3. The molecule has 0 saturated carbocycles. The first-order chi connectivity index (χ1) is 32.5. The van der Waals surface area contributed by atoms with Crippen molar-refractivity contribution in [3.8, 4) is 11.5 Å². The van der Waals surface area contributed by atoms with Crippen LogP contribution in [0.5, 0.6) is 11.5 Å². The second-order valence-electron chi connectivity index (χ2n) is 15.4. The Morgan fingerprint density at radius 2 is 1.06 bits per heavy atom. The average Bonchev–Trinajstić information content (AvgIpc) is 3.65. The van der Waals surface area contributed by atoms with E-state index in [4.69, 9.17) is 20.3 Å². The predicted molar refractivity (Wildman–Crippen MR) is 309 cm³/mol. The van der Waals surface area contributed by atoms with Crippen LogP contribution in [0, 0.1) is 13.8 Å². The number of anilines is 1. The molecule has 2 heterocycles. The second kappa shape index (κ2) is 31.8. The topological polar surface area (TPSA) is 239 Å². The van der Waals surface area contributed by atoms with Crippen molar-refractivity contribution in [1.29, 1.82) is 0 Å². The number of nitrogens with one attached hydrogen (secondary N) is 2. The number of carboxylic acids is 1. The number of hydrogen-bond donors (Lipinski definition) is 4. The van der Waals surface area contributed by atoms with Crippen molar-refractivity contribution >= 4 is 132 Å². The third kappa shape index (κ3) is 17.7. The van der Waals surface area contributed by atoms with E-state index in [1.54, 1.807) is 46.8 Å². The number of methoxy groups -OCH3 is 2. The fraction of sp³-hybridized carbons (Fsp3) is 0.489. The molecule has 0 spiro atoms. The maximum absolute atomic E-state index is 13.2. The number of nitrogens with zero attached hydrogens (tertiary/aromatic N) is 2. The molecule has 0 bridgehead atoms. The van der Waals surface area contributed by atoms with Crippen molar-refractivity contribution in [3.63, 3.8) is 0 Å². The van der Waals surface area contributed by atoms with E-state index in [0.29, 0.717) is 103 Å². The van der Waals surface area contributed by atoms with E-state index in [9.17, 15) is 36.0 Å². The van der Waals surface area contributed by atoms with Crippen molar-refractivity contribution in [3.05, 3.63) is 87.0 Å². The molecule has 6 rings (SSSR count). The van der Waals surface area contributed by atoms with E-state index in [-0.39, 0.29) is 51.6 Å². The zero-order valence-corrected chi connectivity index (χ0v) is 52.1. The quantitative estimate of drug-likeness (QED) is 0.0303. The van der Waals surface area contributed by atoms with Gasteiger partial charge in [0, 0.05) is 73.5 Å². The summed E-state index contributed by atoms with van der Waals surface area (Å²) in [5, 5.41) is 8.99. The Morgan fingerprint density at radius 1 is 0.686 bits per heavy atom. The van der Waals surface area contributed by atoms with E-state index < -0.39 is 26.0 Å². The van der Waals surface area contributed by atoms with Crippen LogP contribution in [0.25, 0.3) is 0 Å². The van der Waals surface area contributed by atoms with Crippen LogP contribution in [0.15, 0.2) is 46.2 Å². The van der Waals surface area contributed by atoms with Gasteiger partial charge in [0.1, 0.15) is 17.2 Å². The number of aromatic amines is 2. The number of aromatic carboxylic acids is 1. The molecule has 0 amide bonds. The van der Waals surface area contributed by atoms with Crippen molar-refractivity contribution in [2.45, 2.75) is 117 Å². The number of alkyl halides is 1. The summed E-state index contributed by atoms with van der Waals surface area (Å²) in [6, 6.07) is 9.10. The Hall–Kier alpha value is -1.80. The first-order valence-corrected chi connectivity index (χ1v) is 40.6. The Bertz CT molecular complexity index is 2610. The number of sulfonamides is 2. The molecule has 0 fully saturated rings. The first-order valence-electron chi connectivity index (χ1n) is 22.1. The van der Waals surface area contributed by atoms with Crippen molar-refractivity contribution in [1.82, 2.24) is 18.6 Å². The van der Waals surface area contributed by atoms with Gasteiger partial charge < -0.3 is 30.3 Å². The summed E-state index contributed by atoms with van der Waals surface area (Å²) < 4.78 is 63.4. The molecule has 5 N–H and O–H groups in total. The van der Waals surface area contributed by atoms with Gasteiger partial charge >= 0.3 is 70.8 Å². The van der Waals surface area contributed by atoms with Crippen molar-refractivity contribution in [2.24, 2.45) is 0 Å². The SMILES string of the molecule is C.CCN(CC)S(=O)(=O)c1ccc(OC)c(CC(=O)c2[nH]c(C)c3c2CCCCC3=O)c1.CCN(CC)S(=O)(=O)c1ccc(OC)c(N)c1.CI.Cc1[nH]c(C(=O)O)c2c1C(=O)CCCC2.[I][V]([I])[I]. The zero-order chi connectivity index (χ0) is 52.4. The monoisotopic (exact) mass is 1500 g/mol. The van der Waals surface area contributed by atoms with E-state index in [1.807, 2.05) is 11.9 Å². The van der Waals surface area contributed by atoms with Gasteiger partial charge in [0.15, 0.2) is 17.3 Å². The van der Waals surface area contributed by atoms with Gasteiger partial charge in [0.05, 0.1) is 35.4 Å². The number of ether oxygens (including phenoxy) is 2. The molecule has 0 unspecified atom stereocenters. The summed E-state index contributed by atoms with van der Waals surface area (Å²) in [5.74, 6) is -0.0847. The third-order valence-corrected chi connectivity index (χ3v) is 15.4. The van der Waals surface area contributed by atoms with Crippen molar-refractivity contribution in [2.75, 3.05) is 51.1 Å². The second-order valence-corrected chi connectivity index (χ2v) is 54.6. The fourth-order valence-electron chi connectivity index (χ4n) is 8.07. The number of carbonyl (C=O) groups excluding carboxylic acids is 3. The molecule has 0 atom stereocenters. The maximum atomic E-state index is 13.2. The molecule has 2 aromatic carbocycles. The summed E-state index contributed by atoms with van der Waals surface area (Å²) in [6.07, 6.45) is 5.79. The molecule has 0 aliphatic heterocycles. The summed E-state index contributed by atoms with van der Waals surface area (Å²) in [7, 11) is -4.13. The van der Waals surface area contributed by atoms with Gasteiger partial charge in [-0.3, -0.25) is 14.4 Å². The number of H-pyrrole nitrogens is 2. The molecule has 2 aliphatic carbocycles. The number of aromatic nitrogens is 2. The number of carbonyl (C=O) groups is 4. The number of rotatable bonds is 14. The third-order valence-electron chi connectivity index (χ3n) is 11.3. The van der Waals surface area contributed by atoms with Crippen LogP contribution in [0.1, 0.15) is 143 Å². The number of benzene rings is 2. The molecule has 0 saturated heterocycles. The number of halogens is 4. The van der Waals surface area contributed by atoms with E-state index in [1.165, 1.54) is 47.1 Å². The molecular formula is C47H68I4N5O11S2V. The molecule has 4 aromatic rings. The molecule has 23 heteroatoms. The molecule has 2 aliphatic rings. The number of Topliss-reactive ketones (excluding diaryl/α,β-unsaturated/α-hetero) is 3. The van der Waals surface area contributed by atoms with Crippen LogP contribution in [0.4, 0.5) is 5.69 Å². The van der Waals surface area contributed by atoms with Gasteiger partial charge in [0.25, 0.3) is 0 Å². The van der Waals surface area contributed by atoms with E-state index in [2.05, 4.69) is 92.5 Å². The Kier molecular flexibility index (Phi) is 30.1. The normalized spacial score (nSPS) is 13.3. The van der Waals surface area contributed by atoms with Gasteiger partial charge in [-0.05, 0) is 105 Å². The molecule has 70 heavy (non-hydrogen) atoms. The van der Waals surface area contributed by atoms with Gasteiger partial charge in [0.2, 0.25) is 20.0 Å². The van der Waals surface area contributed by atoms with Gasteiger partial charge in [-0.25, -0.2) is 21.6 Å². The number of aryl methyl sites for hydroxylation is 2. The predicted octanol–water partition coefficient (Wildman–Crippen LogP) is 11.3. The average molecular weight is 1500 g/mol. The van der Waals surface area contributed by atoms with Crippen LogP contribution < -0.4 is 15.2 Å². The summed E-state index contributed by atoms with van der Waals surface area (Å²) in [4.78, 5) is 56.4. The van der Waals surface area contributed by atoms with Gasteiger partial charge in [-0.2, -0.15) is 8.61 Å². The standard InChI is InChI=1S/C23H30N2O5S.C11H18N2O3S.C11H13NO3.CH3I.CH4.3HI.V/c1-5-25(6-2)31(28,29)17-11-12-21(30-4)16(13-17)14-20(27)23-18-9-7-8-10-19(26)22(18)15(3)24-23;1-4-13(5-2)17(14,15)9-6-7-11(16-3)10(12)8-9;1-6-9-7(10(12-6)11(14)15)4-2-3-5-8(9)13;1-2;;;;;/h11-13,24H,5-10,14H2,1-4H3;6-8H,4-5,12H2,1-3H3;12H,2-5H2,1H3,(H,14,15);1H3;1H4;3*1H;/q;;;;;;;;+3/p-3. The van der Waals surface area contributed by atoms with Crippen molar-refractivity contribution < 1.29 is 55.5 Å². The van der Waals surface area contributed by atoms with Crippen LogP contribution in [0.2, 0.25) is 0 Å². The number of hydrogen-bond acceptors (Lipinski definition) is 11. The number of carboxylic acid groups (broad SMARTS) is 1. The van der Waals surface area contributed by atoms with Crippen LogP contribution in [0.3, 0.4) is 0 Å². The Labute approximate surface area is 466 Å². The molecule has 0 radical (unpaired) electrons. The van der Waals surface area contributed by atoms with Crippen LogP contribution in [-0.2, 0) is 44.2 Å². The van der Waals surface area contributed by atoms with Crippen LogP contribution in [-0.4, -0.2) is 109 Å². The molecule has 392 valence electrons. The van der Waals surface area contributed by atoms with E-state index in [0.717, 1.165) is 36.9 Å². The van der Waals surface area contributed by atoms with Crippen LogP contribution >= 0.6 is 82.5 Å². The molecular weight excluding hydrogens is 1430 g/mol. The van der Waals surface area contributed by atoms with Gasteiger partial charge in [-0.1, -0.05) is 57.7 Å². The van der Waals surface area contributed by atoms with E-state index >= 15 is 0 Å². The Morgan fingerprint density at radius 3 is 1.44 bits per heavy atom. The van der Waals surface area contributed by atoms with Gasteiger partial charge in [-0.15, -0.1) is 0 Å².